The van der Waals surface area contributed by atoms with E-state index in [1.54, 1.807) is 4.90 Å². The van der Waals surface area contributed by atoms with E-state index in [4.69, 9.17) is 14.5 Å². The van der Waals surface area contributed by atoms with Gasteiger partial charge in [-0.15, -0.1) is 0 Å². The molecule has 0 aliphatic carbocycles. The summed E-state index contributed by atoms with van der Waals surface area (Å²) in [7, 11) is 0. The minimum absolute atomic E-state index is 0.0319. The third-order valence-corrected chi connectivity index (χ3v) is 7.16. The second-order valence-electron chi connectivity index (χ2n) is 12.7. The van der Waals surface area contributed by atoms with Gasteiger partial charge < -0.3 is 18.9 Å². The lowest BCUT2D eigenvalue weighted by Crippen LogP contribution is -2.44. The van der Waals surface area contributed by atoms with Crippen molar-refractivity contribution >= 4 is 27.9 Å². The summed E-state index contributed by atoms with van der Waals surface area (Å²) in [6.07, 6.45) is 1.28. The van der Waals surface area contributed by atoms with Crippen LogP contribution in [-0.2, 0) is 16.7 Å². The number of likely N-dealkylation sites (tertiary alicyclic amines) is 1. The van der Waals surface area contributed by atoms with Crippen molar-refractivity contribution in [2.45, 2.75) is 78.0 Å². The summed E-state index contributed by atoms with van der Waals surface area (Å²) in [4.78, 5) is 19.2. The van der Waals surface area contributed by atoms with Gasteiger partial charge >= 0.3 is 6.09 Å². The van der Waals surface area contributed by atoms with Crippen LogP contribution < -0.4 is 4.74 Å². The first kappa shape index (κ1) is 27.5. The average Bonchev–Trinajstić information content (AvgIpc) is 3.26. The monoisotopic (exact) mass is 538 g/mol. The summed E-state index contributed by atoms with van der Waals surface area (Å²) in [5, 5.41) is 11.5. The molecular weight excluding hydrogens is 500 g/mol. The number of hydrogen-bond acceptors (Lipinski definition) is 5. The van der Waals surface area contributed by atoms with Crippen molar-refractivity contribution in [3.8, 4) is 11.8 Å². The Bertz CT molecular complexity index is 1590. The van der Waals surface area contributed by atoms with Gasteiger partial charge in [0.1, 0.15) is 23.3 Å². The topological polar surface area (TPSA) is 80.4 Å². The number of piperidine rings is 1. The molecule has 3 aromatic carbocycles. The lowest BCUT2D eigenvalue weighted by molar-refractivity contribution is 0.0127. The minimum atomic E-state index is -0.499. The Hall–Kier alpha value is -4.05. The van der Waals surface area contributed by atoms with Crippen molar-refractivity contribution in [2.75, 3.05) is 13.1 Å². The first-order chi connectivity index (χ1) is 18.9. The number of carbonyl (C=O) groups is 1. The number of hydrogen-bond donors (Lipinski definition) is 0. The lowest BCUT2D eigenvalue weighted by atomic mass is 9.95. The fourth-order valence-electron chi connectivity index (χ4n) is 5.23. The van der Waals surface area contributed by atoms with Crippen LogP contribution in [0, 0.1) is 11.3 Å². The Labute approximate surface area is 236 Å². The van der Waals surface area contributed by atoms with Crippen molar-refractivity contribution in [2.24, 2.45) is 0 Å². The Balaban J connectivity index is 1.39. The van der Waals surface area contributed by atoms with Gasteiger partial charge in [0.05, 0.1) is 22.7 Å². The number of benzene rings is 3. The number of ether oxygens (including phenoxy) is 2. The maximum atomic E-state index is 12.4. The number of nitrogens with zero attached hydrogens (tertiary/aromatic N) is 4. The van der Waals surface area contributed by atoms with Gasteiger partial charge in [-0.3, -0.25) is 0 Å². The molecular formula is C33H38N4O3. The molecule has 0 saturated carbocycles. The number of carbonyl (C=O) groups excluding carboxylic acids is 1. The van der Waals surface area contributed by atoms with E-state index in [0.717, 1.165) is 51.8 Å². The molecule has 0 radical (unpaired) electrons. The van der Waals surface area contributed by atoms with Crippen LogP contribution in [0.25, 0.3) is 21.8 Å². The van der Waals surface area contributed by atoms with Crippen LogP contribution in [0.15, 0.2) is 54.6 Å². The van der Waals surface area contributed by atoms with Crippen molar-refractivity contribution in [1.82, 2.24) is 14.5 Å². The van der Waals surface area contributed by atoms with E-state index >= 15 is 0 Å². The first-order valence-electron chi connectivity index (χ1n) is 14.0. The van der Waals surface area contributed by atoms with Crippen LogP contribution in [0.5, 0.6) is 5.75 Å². The summed E-state index contributed by atoms with van der Waals surface area (Å²) in [6, 6.07) is 20.6. The van der Waals surface area contributed by atoms with Gasteiger partial charge in [0.25, 0.3) is 0 Å². The number of fused-ring (bicyclic) bond motifs is 2. The van der Waals surface area contributed by atoms with Gasteiger partial charge in [0, 0.05) is 44.0 Å². The predicted octanol–water partition coefficient (Wildman–Crippen LogP) is 7.19. The molecule has 208 valence electrons. The van der Waals surface area contributed by atoms with Gasteiger partial charge in [-0.25, -0.2) is 9.78 Å². The molecule has 0 atom stereocenters. The molecule has 0 unspecified atom stereocenters. The normalized spacial score (nSPS) is 14.9. The van der Waals surface area contributed by atoms with E-state index in [-0.39, 0.29) is 17.6 Å². The van der Waals surface area contributed by atoms with Crippen LogP contribution in [-0.4, -0.2) is 45.3 Å². The molecule has 1 amide bonds. The Kier molecular flexibility index (Phi) is 7.22. The van der Waals surface area contributed by atoms with E-state index in [0.29, 0.717) is 25.2 Å². The smallest absolute Gasteiger partial charge is 0.410 e. The lowest BCUT2D eigenvalue weighted by Gasteiger charge is -2.33. The van der Waals surface area contributed by atoms with Gasteiger partial charge in [-0.1, -0.05) is 39.0 Å². The van der Waals surface area contributed by atoms with E-state index in [2.05, 4.69) is 55.7 Å². The van der Waals surface area contributed by atoms with Gasteiger partial charge in [-0.2, -0.15) is 5.26 Å². The molecule has 5 rings (SSSR count). The fourth-order valence-corrected chi connectivity index (χ4v) is 5.23. The summed E-state index contributed by atoms with van der Waals surface area (Å²) in [5.41, 5.74) is 3.12. The summed E-state index contributed by atoms with van der Waals surface area (Å²) in [5.74, 6) is 1.82. The number of rotatable bonds is 4. The maximum Gasteiger partial charge on any atom is 0.410 e. The number of nitriles is 1. The maximum absolute atomic E-state index is 12.4. The Morgan fingerprint density at radius 2 is 1.70 bits per heavy atom. The second-order valence-corrected chi connectivity index (χ2v) is 12.7. The van der Waals surface area contributed by atoms with Crippen molar-refractivity contribution < 1.29 is 14.3 Å². The molecule has 40 heavy (non-hydrogen) atoms. The van der Waals surface area contributed by atoms with Crippen molar-refractivity contribution in [3.63, 3.8) is 0 Å². The Morgan fingerprint density at radius 3 is 2.38 bits per heavy atom. The third-order valence-electron chi connectivity index (χ3n) is 7.16. The van der Waals surface area contributed by atoms with Crippen molar-refractivity contribution in [3.05, 3.63) is 71.5 Å². The summed E-state index contributed by atoms with van der Waals surface area (Å²) < 4.78 is 14.2. The minimum Gasteiger partial charge on any atom is -0.490 e. The number of amides is 1. The van der Waals surface area contributed by atoms with Gasteiger partial charge in [0.2, 0.25) is 0 Å². The van der Waals surface area contributed by atoms with Crippen LogP contribution in [0.1, 0.15) is 71.3 Å². The largest absolute Gasteiger partial charge is 0.490 e. The highest BCUT2D eigenvalue weighted by Gasteiger charge is 2.28. The molecule has 1 aromatic heterocycles. The molecule has 2 heterocycles. The predicted molar refractivity (Wildman–Crippen MR) is 158 cm³/mol. The van der Waals surface area contributed by atoms with Crippen LogP contribution >= 0.6 is 0 Å². The zero-order chi connectivity index (χ0) is 28.7. The average molecular weight is 539 g/mol. The van der Waals surface area contributed by atoms with Gasteiger partial charge in [-0.05, 0) is 67.4 Å². The summed E-state index contributed by atoms with van der Waals surface area (Å²) in [6.45, 7) is 14.1. The number of aromatic nitrogens is 2. The molecule has 7 nitrogen and oxygen atoms in total. The highest BCUT2D eigenvalue weighted by atomic mass is 16.6. The molecule has 0 N–H and O–H groups in total. The molecule has 4 aromatic rings. The molecule has 1 aliphatic rings. The van der Waals surface area contributed by atoms with E-state index in [1.165, 1.54) is 0 Å². The molecule has 0 bridgehead atoms. The van der Waals surface area contributed by atoms with Crippen LogP contribution in [0.3, 0.4) is 0 Å². The van der Waals surface area contributed by atoms with E-state index in [9.17, 15) is 10.1 Å². The summed E-state index contributed by atoms with van der Waals surface area (Å²) >= 11 is 0. The van der Waals surface area contributed by atoms with E-state index < -0.39 is 5.60 Å². The Morgan fingerprint density at radius 1 is 0.975 bits per heavy atom. The quantitative estimate of drug-likeness (QED) is 0.275. The standard InChI is InChI=1S/C33H38N4O3/c1-32(2,3)30-35-28-12-11-27(39-26-13-15-36(16-14-26)31(38)40-33(4,5)6)19-29(28)37(30)21-23-8-10-24-9-7-22(20-34)17-25(24)18-23/h7-12,17-19,26H,13-16,21H2,1-6H3. The zero-order valence-electron chi connectivity index (χ0n) is 24.3. The first-order valence-corrected chi connectivity index (χ1v) is 14.0. The highest BCUT2D eigenvalue weighted by molar-refractivity contribution is 5.84. The van der Waals surface area contributed by atoms with Crippen LogP contribution in [0.4, 0.5) is 4.79 Å². The molecule has 7 heteroatoms. The van der Waals surface area contributed by atoms with E-state index in [1.807, 2.05) is 51.1 Å². The fraction of sp³-hybridized carbons (Fsp3) is 0.424. The highest BCUT2D eigenvalue weighted by Crippen LogP contribution is 2.31. The third kappa shape index (κ3) is 6.07. The second kappa shape index (κ2) is 10.5. The van der Waals surface area contributed by atoms with Crippen LogP contribution in [0.2, 0.25) is 0 Å². The molecule has 1 fully saturated rings. The SMILES string of the molecule is CC(C)(C)OC(=O)N1CCC(Oc2ccc3nc(C(C)(C)C)n(Cc4ccc5ccc(C#N)cc5c4)c3c2)CC1. The van der Waals surface area contributed by atoms with Gasteiger partial charge in [0.15, 0.2) is 0 Å². The number of imidazole rings is 1. The molecule has 0 spiro atoms. The van der Waals surface area contributed by atoms with Crippen molar-refractivity contribution in [1.29, 1.82) is 5.26 Å². The zero-order valence-corrected chi connectivity index (χ0v) is 24.3. The molecule has 1 saturated heterocycles. The molecule has 1 aliphatic heterocycles.